The number of rotatable bonds is 6. The Balaban J connectivity index is 1.48. The second-order valence-electron chi connectivity index (χ2n) is 7.01. The molecule has 0 fully saturated rings. The summed E-state index contributed by atoms with van der Waals surface area (Å²) in [7, 11) is 1.63. The Morgan fingerprint density at radius 1 is 0.939 bits per heavy atom. The highest BCUT2D eigenvalue weighted by Gasteiger charge is 2.22. The van der Waals surface area contributed by atoms with E-state index in [9.17, 15) is 4.79 Å². The second kappa shape index (κ2) is 9.17. The molecule has 0 bridgehead atoms. The molecule has 9 heteroatoms. The molecule has 3 aromatic carbocycles. The topological polar surface area (TPSA) is 90.6 Å². The van der Waals surface area contributed by atoms with Gasteiger partial charge in [-0.3, -0.25) is 9.36 Å². The Hall–Kier alpha value is -4.11. The number of nitrogens with zero attached hydrogens (tertiary/aromatic N) is 4. The summed E-state index contributed by atoms with van der Waals surface area (Å²) in [6.07, 6.45) is 0. The fraction of sp³-hybridized carbons (Fsp3) is 0.0833. The number of fused-ring (bicyclic) bond motifs is 1. The average molecular weight is 458 g/mol. The molecule has 0 spiro atoms. The number of hydrogen-bond donors (Lipinski definition) is 1. The van der Waals surface area contributed by atoms with E-state index in [-0.39, 0.29) is 5.91 Å². The van der Waals surface area contributed by atoms with Gasteiger partial charge in [0.25, 0.3) is 5.91 Å². The van der Waals surface area contributed by atoms with E-state index in [1.807, 2.05) is 65.2 Å². The SMILES string of the molecule is COc1ccccc1-c1nnc(SCC2=NNC(=O)c3ccccc3O2)n1-c1ccccc1. The highest BCUT2D eigenvalue weighted by Crippen LogP contribution is 2.33. The fourth-order valence-electron chi connectivity index (χ4n) is 3.43. The van der Waals surface area contributed by atoms with E-state index in [2.05, 4.69) is 20.7 Å². The first-order chi connectivity index (χ1) is 16.2. The van der Waals surface area contributed by atoms with Gasteiger partial charge in [0.05, 0.1) is 24.0 Å². The van der Waals surface area contributed by atoms with Crippen LogP contribution in [0.3, 0.4) is 0 Å². The number of thioether (sulfide) groups is 1. The van der Waals surface area contributed by atoms with Gasteiger partial charge < -0.3 is 9.47 Å². The lowest BCUT2D eigenvalue weighted by molar-refractivity contribution is 0.0955. The molecule has 0 unspecified atom stereocenters. The lowest BCUT2D eigenvalue weighted by Gasteiger charge is -2.12. The number of hydrazone groups is 1. The van der Waals surface area contributed by atoms with E-state index in [0.717, 1.165) is 11.3 Å². The molecule has 8 nitrogen and oxygen atoms in total. The number of hydrogen-bond acceptors (Lipinski definition) is 7. The molecule has 2 heterocycles. The molecule has 1 amide bonds. The molecule has 1 aliphatic heterocycles. The van der Waals surface area contributed by atoms with E-state index >= 15 is 0 Å². The molecule has 0 saturated carbocycles. The van der Waals surface area contributed by atoms with Gasteiger partial charge in [0.2, 0.25) is 5.90 Å². The second-order valence-corrected chi connectivity index (χ2v) is 7.95. The van der Waals surface area contributed by atoms with Gasteiger partial charge in [-0.15, -0.1) is 15.3 Å². The Labute approximate surface area is 194 Å². The molecule has 1 aromatic heterocycles. The van der Waals surface area contributed by atoms with Crippen molar-refractivity contribution >= 4 is 23.6 Å². The molecular weight excluding hydrogens is 438 g/mol. The quantitative estimate of drug-likeness (QED) is 0.437. The third-order valence-corrected chi connectivity index (χ3v) is 5.88. The van der Waals surface area contributed by atoms with Crippen molar-refractivity contribution in [3.05, 3.63) is 84.4 Å². The van der Waals surface area contributed by atoms with Gasteiger partial charge in [-0.1, -0.05) is 54.2 Å². The fourth-order valence-corrected chi connectivity index (χ4v) is 4.23. The summed E-state index contributed by atoms with van der Waals surface area (Å²) in [4.78, 5) is 12.2. The predicted octanol–water partition coefficient (Wildman–Crippen LogP) is 4.17. The zero-order valence-electron chi connectivity index (χ0n) is 17.6. The maximum Gasteiger partial charge on any atom is 0.275 e. The van der Waals surface area contributed by atoms with Crippen LogP contribution in [0.15, 0.2) is 89.1 Å². The summed E-state index contributed by atoms with van der Waals surface area (Å²) in [5.41, 5.74) is 4.70. The number of aromatic nitrogens is 3. The van der Waals surface area contributed by atoms with Crippen LogP contribution in [-0.2, 0) is 0 Å². The minimum Gasteiger partial charge on any atom is -0.496 e. The summed E-state index contributed by atoms with van der Waals surface area (Å²) in [6.45, 7) is 0. The molecule has 33 heavy (non-hydrogen) atoms. The van der Waals surface area contributed by atoms with Gasteiger partial charge in [-0.2, -0.15) is 0 Å². The van der Waals surface area contributed by atoms with Gasteiger partial charge in [0.1, 0.15) is 11.5 Å². The van der Waals surface area contributed by atoms with Crippen molar-refractivity contribution < 1.29 is 14.3 Å². The van der Waals surface area contributed by atoms with Gasteiger partial charge in [0.15, 0.2) is 11.0 Å². The van der Waals surface area contributed by atoms with Crippen LogP contribution in [0.2, 0.25) is 0 Å². The number of carbonyl (C=O) groups excluding carboxylic acids is 1. The lowest BCUT2D eigenvalue weighted by Crippen LogP contribution is -2.18. The normalized spacial score (nSPS) is 12.8. The van der Waals surface area contributed by atoms with E-state index in [1.165, 1.54) is 11.8 Å². The van der Waals surface area contributed by atoms with Crippen molar-refractivity contribution in [3.8, 4) is 28.6 Å². The standard InChI is InChI=1S/C24H19N5O3S/c1-31-19-13-7-5-11-17(19)22-26-28-24(29(22)16-9-3-2-4-10-16)33-15-21-25-27-23(30)18-12-6-8-14-20(18)32-21/h2-14H,15H2,1H3,(H,27,30). The van der Waals surface area contributed by atoms with Crippen LogP contribution in [0.25, 0.3) is 17.1 Å². The molecule has 1 aliphatic rings. The van der Waals surface area contributed by atoms with E-state index < -0.39 is 0 Å². The Kier molecular flexibility index (Phi) is 5.77. The molecule has 5 rings (SSSR count). The highest BCUT2D eigenvalue weighted by molar-refractivity contribution is 7.99. The molecule has 0 radical (unpaired) electrons. The van der Waals surface area contributed by atoms with Gasteiger partial charge in [-0.25, -0.2) is 5.43 Å². The Morgan fingerprint density at radius 3 is 2.48 bits per heavy atom. The number of ether oxygens (including phenoxy) is 2. The maximum atomic E-state index is 12.2. The van der Waals surface area contributed by atoms with Gasteiger partial charge >= 0.3 is 0 Å². The monoisotopic (exact) mass is 457 g/mol. The summed E-state index contributed by atoms with van der Waals surface area (Å²) in [5.74, 6) is 2.21. The highest BCUT2D eigenvalue weighted by atomic mass is 32.2. The zero-order valence-corrected chi connectivity index (χ0v) is 18.5. The number of amides is 1. The summed E-state index contributed by atoms with van der Waals surface area (Å²) < 4.78 is 13.4. The van der Waals surface area contributed by atoms with Crippen LogP contribution in [0.1, 0.15) is 10.4 Å². The van der Waals surface area contributed by atoms with E-state index in [1.54, 1.807) is 25.3 Å². The van der Waals surface area contributed by atoms with Crippen molar-refractivity contribution in [2.75, 3.05) is 12.9 Å². The molecule has 0 aliphatic carbocycles. The van der Waals surface area contributed by atoms with Gasteiger partial charge in [0, 0.05) is 5.69 Å². The van der Waals surface area contributed by atoms with Crippen LogP contribution in [0.5, 0.6) is 11.5 Å². The molecular formula is C24H19N5O3S. The number of carbonyl (C=O) groups is 1. The van der Waals surface area contributed by atoms with Crippen molar-refractivity contribution in [1.82, 2.24) is 20.2 Å². The van der Waals surface area contributed by atoms with Crippen LogP contribution in [0.4, 0.5) is 0 Å². The Morgan fingerprint density at radius 2 is 1.67 bits per heavy atom. The largest absolute Gasteiger partial charge is 0.496 e. The minimum atomic E-state index is -0.309. The molecule has 164 valence electrons. The van der Waals surface area contributed by atoms with Crippen molar-refractivity contribution in [2.24, 2.45) is 5.10 Å². The number of methoxy groups -OCH3 is 1. The van der Waals surface area contributed by atoms with Crippen LogP contribution in [-0.4, -0.2) is 39.4 Å². The Bertz CT molecular complexity index is 1340. The third kappa shape index (κ3) is 4.18. The molecule has 0 atom stereocenters. The third-order valence-electron chi connectivity index (χ3n) is 4.96. The number of benzene rings is 3. The van der Waals surface area contributed by atoms with Crippen LogP contribution >= 0.6 is 11.8 Å². The van der Waals surface area contributed by atoms with Crippen molar-refractivity contribution in [3.63, 3.8) is 0 Å². The van der Waals surface area contributed by atoms with E-state index in [4.69, 9.17) is 9.47 Å². The average Bonchev–Trinajstić information content (AvgIpc) is 3.22. The van der Waals surface area contributed by atoms with Crippen molar-refractivity contribution in [2.45, 2.75) is 5.16 Å². The summed E-state index contributed by atoms with van der Waals surface area (Å²) in [5, 5.41) is 13.7. The first kappa shape index (κ1) is 20.8. The maximum absolute atomic E-state index is 12.2. The predicted molar refractivity (Wildman–Crippen MR) is 126 cm³/mol. The van der Waals surface area contributed by atoms with Crippen LogP contribution < -0.4 is 14.9 Å². The summed E-state index contributed by atoms with van der Waals surface area (Å²) >= 11 is 1.40. The van der Waals surface area contributed by atoms with Crippen LogP contribution in [0, 0.1) is 0 Å². The zero-order chi connectivity index (χ0) is 22.6. The summed E-state index contributed by atoms with van der Waals surface area (Å²) in [6, 6.07) is 24.6. The molecule has 0 saturated heterocycles. The molecule has 4 aromatic rings. The van der Waals surface area contributed by atoms with Crippen molar-refractivity contribution in [1.29, 1.82) is 0 Å². The first-order valence-corrected chi connectivity index (χ1v) is 11.1. The first-order valence-electron chi connectivity index (χ1n) is 10.2. The van der Waals surface area contributed by atoms with Gasteiger partial charge in [-0.05, 0) is 36.4 Å². The number of para-hydroxylation sites is 3. The molecule has 1 N–H and O–H groups in total. The smallest absolute Gasteiger partial charge is 0.275 e. The minimum absolute atomic E-state index is 0.309. The van der Waals surface area contributed by atoms with E-state index in [0.29, 0.717) is 39.7 Å². The lowest BCUT2D eigenvalue weighted by atomic mass is 10.2. The number of nitrogens with one attached hydrogen (secondary N) is 1.